The van der Waals surface area contributed by atoms with Crippen molar-refractivity contribution in [1.29, 1.82) is 0 Å². The lowest BCUT2D eigenvalue weighted by Crippen LogP contribution is -2.48. The van der Waals surface area contributed by atoms with E-state index in [1.54, 1.807) is 11.3 Å². The summed E-state index contributed by atoms with van der Waals surface area (Å²) in [5, 5.41) is 4.15. The summed E-state index contributed by atoms with van der Waals surface area (Å²) in [5.74, 6) is 0.409. The van der Waals surface area contributed by atoms with Crippen LogP contribution in [0.4, 0.5) is 0 Å². The lowest BCUT2D eigenvalue weighted by Gasteiger charge is -2.35. The molecule has 4 rings (SSSR count). The Bertz CT molecular complexity index is 619. The maximum Gasteiger partial charge on any atom is 0.228 e. The van der Waals surface area contributed by atoms with Gasteiger partial charge in [0.2, 0.25) is 11.8 Å². The molecule has 0 saturated carbocycles. The molecule has 1 aromatic rings. The largest absolute Gasteiger partial charge is 0.340 e. The Morgan fingerprint density at radius 2 is 2.17 bits per heavy atom. The fraction of sp³-hybridized carbons (Fsp3) is 0.579. The first-order chi connectivity index (χ1) is 11.5. The van der Waals surface area contributed by atoms with E-state index in [9.17, 15) is 9.59 Å². The van der Waals surface area contributed by atoms with Crippen molar-refractivity contribution in [2.45, 2.75) is 45.6 Å². The van der Waals surface area contributed by atoms with Crippen molar-refractivity contribution in [2.75, 3.05) is 19.6 Å². The zero-order chi connectivity index (χ0) is 17.1. The van der Waals surface area contributed by atoms with E-state index in [0.29, 0.717) is 26.1 Å². The van der Waals surface area contributed by atoms with Gasteiger partial charge >= 0.3 is 0 Å². The highest BCUT2D eigenvalue weighted by molar-refractivity contribution is 7.07. The van der Waals surface area contributed by atoms with Gasteiger partial charge in [-0.2, -0.15) is 11.3 Å². The Kier molecular flexibility index (Phi) is 5.39. The van der Waals surface area contributed by atoms with E-state index >= 15 is 0 Å². The highest BCUT2D eigenvalue weighted by atomic mass is 32.1. The van der Waals surface area contributed by atoms with E-state index in [4.69, 9.17) is 0 Å². The number of hydrogen-bond acceptors (Lipinski definition) is 3. The minimum atomic E-state index is -0.0144. The van der Waals surface area contributed by atoms with Gasteiger partial charge in [0.1, 0.15) is 0 Å². The number of rotatable bonds is 5. The van der Waals surface area contributed by atoms with E-state index < -0.39 is 0 Å². The fourth-order valence-corrected chi connectivity index (χ4v) is 4.31. The molecule has 0 aromatic carbocycles. The normalized spacial score (nSPS) is 23.3. The van der Waals surface area contributed by atoms with Crippen molar-refractivity contribution < 1.29 is 9.59 Å². The van der Waals surface area contributed by atoms with Gasteiger partial charge in [0.25, 0.3) is 0 Å². The lowest BCUT2D eigenvalue weighted by molar-refractivity contribution is -0.139. The average Bonchev–Trinajstić information content (AvgIpc) is 2.92. The molecule has 1 aromatic heterocycles. The van der Waals surface area contributed by atoms with Gasteiger partial charge in [-0.15, -0.1) is 0 Å². The van der Waals surface area contributed by atoms with Gasteiger partial charge < -0.3 is 9.80 Å². The lowest BCUT2D eigenvalue weighted by atomic mass is 9.94. The Hall–Kier alpha value is -1.62. The summed E-state index contributed by atoms with van der Waals surface area (Å²) in [6.07, 6.45) is 5.38. The quantitative estimate of drug-likeness (QED) is 0.769. The van der Waals surface area contributed by atoms with Crippen LogP contribution in [0.5, 0.6) is 0 Å². The monoisotopic (exact) mass is 346 g/mol. The molecule has 130 valence electrons. The molecule has 5 heteroatoms. The Morgan fingerprint density at radius 3 is 2.88 bits per heavy atom. The molecule has 0 N–H and O–H groups in total. The molecule has 24 heavy (non-hydrogen) atoms. The number of fused-ring (bicyclic) bond motifs is 4. The first-order valence-electron chi connectivity index (χ1n) is 8.77. The maximum atomic E-state index is 12.7. The summed E-state index contributed by atoms with van der Waals surface area (Å²) in [7, 11) is 0. The van der Waals surface area contributed by atoms with E-state index in [-0.39, 0.29) is 23.8 Å². The molecule has 4 heterocycles. The third kappa shape index (κ3) is 3.89. The molecule has 3 aliphatic heterocycles. The average molecular weight is 346 g/mol. The summed E-state index contributed by atoms with van der Waals surface area (Å²) < 4.78 is 0. The zero-order valence-electron chi connectivity index (χ0n) is 14.5. The highest BCUT2D eigenvalue weighted by Gasteiger charge is 2.41. The first-order valence-corrected chi connectivity index (χ1v) is 9.71. The summed E-state index contributed by atoms with van der Waals surface area (Å²) in [6, 6.07) is 2.26. The van der Waals surface area contributed by atoms with Crippen LogP contribution in [-0.2, 0) is 16.0 Å². The van der Waals surface area contributed by atoms with Crippen LogP contribution in [0.2, 0.25) is 0 Å². The number of aryl methyl sites for hydroxylation is 1. The number of amides is 2. The van der Waals surface area contributed by atoms with Crippen LogP contribution in [-0.4, -0.2) is 47.3 Å². The molecule has 2 atom stereocenters. The minimum Gasteiger partial charge on any atom is -0.340 e. The highest BCUT2D eigenvalue weighted by Crippen LogP contribution is 2.29. The van der Waals surface area contributed by atoms with Crippen LogP contribution >= 0.6 is 11.3 Å². The second-order valence-electron chi connectivity index (χ2n) is 7.13. The number of thiophene rings is 1. The van der Waals surface area contributed by atoms with Crippen LogP contribution in [0.15, 0.2) is 28.5 Å². The van der Waals surface area contributed by atoms with E-state index in [1.165, 1.54) is 11.1 Å². The second kappa shape index (κ2) is 7.51. The molecule has 3 fully saturated rings. The molecule has 0 radical (unpaired) electrons. The van der Waals surface area contributed by atoms with Gasteiger partial charge in [-0.1, -0.05) is 11.6 Å². The predicted molar refractivity (Wildman–Crippen MR) is 96.9 cm³/mol. The van der Waals surface area contributed by atoms with Crippen molar-refractivity contribution in [2.24, 2.45) is 5.92 Å². The summed E-state index contributed by atoms with van der Waals surface area (Å²) in [5.41, 5.74) is 2.46. The van der Waals surface area contributed by atoms with Gasteiger partial charge in [-0.25, -0.2) is 0 Å². The van der Waals surface area contributed by atoms with Crippen LogP contribution < -0.4 is 0 Å². The number of carbonyl (C=O) groups excluding carboxylic acids is 2. The van der Waals surface area contributed by atoms with Crippen molar-refractivity contribution in [3.63, 3.8) is 0 Å². The number of nitrogens with zero attached hydrogens (tertiary/aromatic N) is 2. The van der Waals surface area contributed by atoms with Crippen LogP contribution in [0.1, 0.15) is 38.7 Å². The molecular formula is C19H26N2O2S. The SMILES string of the molecule is CC(C)=CCN1C(=O)C2CCC1CN(C(=O)CCc1ccsc1)C2. The van der Waals surface area contributed by atoms with E-state index in [2.05, 4.69) is 31.4 Å². The fourth-order valence-electron chi connectivity index (χ4n) is 3.61. The summed E-state index contributed by atoms with van der Waals surface area (Å²) >= 11 is 1.67. The molecule has 4 nitrogen and oxygen atoms in total. The third-order valence-electron chi connectivity index (χ3n) is 5.05. The van der Waals surface area contributed by atoms with Crippen molar-refractivity contribution in [3.8, 4) is 0 Å². The molecule has 2 unspecified atom stereocenters. The first kappa shape index (κ1) is 17.2. The standard InChI is InChI=1S/C19H26N2O2S/c1-14(2)7-9-21-17-5-4-16(19(21)23)11-20(12-17)18(22)6-3-15-8-10-24-13-15/h7-8,10,13,16-17H,3-6,9,11-12H2,1-2H3. The molecule has 2 bridgehead atoms. The number of carbonyl (C=O) groups is 2. The zero-order valence-corrected chi connectivity index (χ0v) is 15.3. The number of piperidine rings is 1. The third-order valence-corrected chi connectivity index (χ3v) is 5.78. The van der Waals surface area contributed by atoms with Gasteiger partial charge in [0.15, 0.2) is 0 Å². The minimum absolute atomic E-state index is 0.0144. The van der Waals surface area contributed by atoms with E-state index in [1.807, 2.05) is 15.2 Å². The van der Waals surface area contributed by atoms with Gasteiger partial charge in [0.05, 0.1) is 5.92 Å². The molecule has 0 spiro atoms. The van der Waals surface area contributed by atoms with Crippen molar-refractivity contribution in [1.82, 2.24) is 9.80 Å². The Balaban J connectivity index is 1.64. The maximum absolute atomic E-state index is 12.7. The predicted octanol–water partition coefficient (Wildman–Crippen LogP) is 3.10. The van der Waals surface area contributed by atoms with Gasteiger partial charge in [-0.05, 0) is 55.5 Å². The van der Waals surface area contributed by atoms with Crippen molar-refractivity contribution >= 4 is 23.2 Å². The van der Waals surface area contributed by atoms with Crippen molar-refractivity contribution in [3.05, 3.63) is 34.0 Å². The van der Waals surface area contributed by atoms with Gasteiger partial charge in [0, 0.05) is 32.1 Å². The summed E-state index contributed by atoms with van der Waals surface area (Å²) in [4.78, 5) is 29.3. The number of allylic oxidation sites excluding steroid dienone is 1. The van der Waals surface area contributed by atoms with Crippen LogP contribution in [0.25, 0.3) is 0 Å². The topological polar surface area (TPSA) is 40.6 Å². The van der Waals surface area contributed by atoms with E-state index in [0.717, 1.165) is 19.3 Å². The van der Waals surface area contributed by atoms with Crippen LogP contribution in [0.3, 0.4) is 0 Å². The van der Waals surface area contributed by atoms with Crippen LogP contribution in [0, 0.1) is 5.92 Å². The molecule has 2 amide bonds. The molecule has 3 saturated heterocycles. The smallest absolute Gasteiger partial charge is 0.228 e. The molecule has 0 aliphatic carbocycles. The molecule has 3 aliphatic rings. The Morgan fingerprint density at radius 1 is 1.33 bits per heavy atom. The summed E-state index contributed by atoms with van der Waals surface area (Å²) in [6.45, 7) is 6.09. The Labute approximate surface area is 148 Å². The van der Waals surface area contributed by atoms with Gasteiger partial charge in [-0.3, -0.25) is 9.59 Å². The second-order valence-corrected chi connectivity index (χ2v) is 7.91. The number of hydrogen-bond donors (Lipinski definition) is 0. The molecular weight excluding hydrogens is 320 g/mol.